The number of alkyl halides is 3. The summed E-state index contributed by atoms with van der Waals surface area (Å²) in [7, 11) is 0. The zero-order valence-electron chi connectivity index (χ0n) is 15.0. The molecule has 2 atom stereocenters. The van der Waals surface area contributed by atoms with Gasteiger partial charge in [0.1, 0.15) is 5.82 Å². The van der Waals surface area contributed by atoms with Crippen LogP contribution in [-0.4, -0.2) is 34.6 Å². The Balaban J connectivity index is 1.99. The summed E-state index contributed by atoms with van der Waals surface area (Å²) in [5.74, 6) is -4.28. The fourth-order valence-corrected chi connectivity index (χ4v) is 3.01. The second kappa shape index (κ2) is 7.19. The molecule has 4 amide bonds. The van der Waals surface area contributed by atoms with Crippen LogP contribution in [0.15, 0.2) is 54.6 Å². The summed E-state index contributed by atoms with van der Waals surface area (Å²) in [5.41, 5.74) is -4.01. The van der Waals surface area contributed by atoms with E-state index in [1.165, 1.54) is 41.8 Å². The lowest BCUT2D eigenvalue weighted by molar-refractivity contribution is -0.200. The number of nitrogens with one attached hydrogen (secondary N) is 2. The van der Waals surface area contributed by atoms with Crippen molar-refractivity contribution >= 4 is 17.8 Å². The fraction of sp³-hybridized carbons (Fsp3) is 0.211. The van der Waals surface area contributed by atoms with Gasteiger partial charge in [-0.15, -0.1) is 0 Å². The van der Waals surface area contributed by atoms with E-state index < -0.39 is 47.1 Å². The molecule has 0 spiro atoms. The molecular formula is C19H15F4N3O3. The third-order valence-corrected chi connectivity index (χ3v) is 4.57. The maximum atomic E-state index is 13.9. The van der Waals surface area contributed by atoms with Crippen LogP contribution < -0.4 is 10.6 Å². The Morgan fingerprint density at radius 2 is 1.66 bits per heavy atom. The Kier molecular flexibility index (Phi) is 5.04. The van der Waals surface area contributed by atoms with E-state index in [1.807, 2.05) is 0 Å². The highest BCUT2D eigenvalue weighted by Gasteiger charge is 2.69. The van der Waals surface area contributed by atoms with Gasteiger partial charge in [0.2, 0.25) is 0 Å². The minimum Gasteiger partial charge on any atom is -0.314 e. The van der Waals surface area contributed by atoms with Crippen molar-refractivity contribution in [2.24, 2.45) is 0 Å². The second-order valence-electron chi connectivity index (χ2n) is 6.37. The summed E-state index contributed by atoms with van der Waals surface area (Å²) < 4.78 is 55.5. The molecular weight excluding hydrogens is 394 g/mol. The van der Waals surface area contributed by atoms with Crippen molar-refractivity contribution in [1.29, 1.82) is 0 Å². The van der Waals surface area contributed by atoms with Crippen LogP contribution in [-0.2, 0) is 4.79 Å². The average molecular weight is 409 g/mol. The molecule has 1 aliphatic rings. The van der Waals surface area contributed by atoms with Crippen LogP contribution in [0.2, 0.25) is 0 Å². The quantitative estimate of drug-likeness (QED) is 0.602. The molecule has 0 bridgehead atoms. The maximum absolute atomic E-state index is 13.9. The number of imide groups is 1. The van der Waals surface area contributed by atoms with Gasteiger partial charge in [0.25, 0.3) is 17.5 Å². The lowest BCUT2D eigenvalue weighted by atomic mass is 10.0. The number of urea groups is 1. The normalized spacial score (nSPS) is 20.4. The molecule has 10 heteroatoms. The molecule has 152 valence electrons. The lowest BCUT2D eigenvalue weighted by Gasteiger charge is -2.30. The van der Waals surface area contributed by atoms with Crippen molar-refractivity contribution in [2.75, 3.05) is 0 Å². The zero-order valence-corrected chi connectivity index (χ0v) is 15.0. The van der Waals surface area contributed by atoms with E-state index >= 15 is 0 Å². The molecule has 1 fully saturated rings. The number of benzene rings is 2. The maximum Gasteiger partial charge on any atom is 0.440 e. The molecule has 3 rings (SSSR count). The van der Waals surface area contributed by atoms with Crippen molar-refractivity contribution in [1.82, 2.24) is 15.5 Å². The Morgan fingerprint density at radius 1 is 1.07 bits per heavy atom. The molecule has 0 aliphatic carbocycles. The minimum atomic E-state index is -5.38. The summed E-state index contributed by atoms with van der Waals surface area (Å²) in [4.78, 5) is 37.8. The predicted molar refractivity (Wildman–Crippen MR) is 92.9 cm³/mol. The van der Waals surface area contributed by atoms with Crippen LogP contribution >= 0.6 is 0 Å². The summed E-state index contributed by atoms with van der Waals surface area (Å²) in [5, 5.41) is 3.01. The molecule has 29 heavy (non-hydrogen) atoms. The van der Waals surface area contributed by atoms with Crippen LogP contribution in [0.5, 0.6) is 0 Å². The van der Waals surface area contributed by atoms with Gasteiger partial charge >= 0.3 is 12.2 Å². The van der Waals surface area contributed by atoms with E-state index in [1.54, 1.807) is 18.2 Å². The van der Waals surface area contributed by atoms with Gasteiger partial charge in [0, 0.05) is 0 Å². The molecule has 0 saturated carbocycles. The van der Waals surface area contributed by atoms with Crippen molar-refractivity contribution in [3.05, 3.63) is 71.5 Å². The van der Waals surface area contributed by atoms with Gasteiger partial charge in [0.15, 0.2) is 0 Å². The Labute approximate surface area is 162 Å². The van der Waals surface area contributed by atoms with Gasteiger partial charge in [0.05, 0.1) is 11.6 Å². The van der Waals surface area contributed by atoms with E-state index in [0.29, 0.717) is 10.5 Å². The third-order valence-electron chi connectivity index (χ3n) is 4.57. The summed E-state index contributed by atoms with van der Waals surface area (Å²) in [6, 6.07) is 9.89. The number of rotatable bonds is 4. The van der Waals surface area contributed by atoms with Gasteiger partial charge in [-0.2, -0.15) is 13.2 Å². The summed E-state index contributed by atoms with van der Waals surface area (Å²) in [6.45, 7) is 1.37. The van der Waals surface area contributed by atoms with E-state index in [9.17, 15) is 31.9 Å². The molecule has 1 aliphatic heterocycles. The SMILES string of the molecule is C[C@H](c1ccccc1)N1C(=O)N[C@](NC(=O)c2ccccc2F)(C(F)(F)F)C1=O. The number of carbonyl (C=O) groups is 3. The summed E-state index contributed by atoms with van der Waals surface area (Å²) in [6.07, 6.45) is -5.38. The first-order chi connectivity index (χ1) is 13.6. The predicted octanol–water partition coefficient (Wildman–Crippen LogP) is 3.13. The van der Waals surface area contributed by atoms with Gasteiger partial charge in [-0.05, 0) is 24.6 Å². The standard InChI is InChI=1S/C19H15F4N3O3/c1-11(12-7-3-2-4-8-12)26-16(28)18(19(21,22)23,25-17(26)29)24-15(27)13-9-5-6-10-14(13)20/h2-11H,1H3,(H,24,27)(H,25,29)/t11-,18+/m1/s1. The van der Waals surface area contributed by atoms with Crippen molar-refractivity contribution in [2.45, 2.75) is 24.8 Å². The molecule has 6 nitrogen and oxygen atoms in total. The largest absolute Gasteiger partial charge is 0.440 e. The highest BCUT2D eigenvalue weighted by molar-refractivity contribution is 6.10. The molecule has 0 aromatic heterocycles. The second-order valence-corrected chi connectivity index (χ2v) is 6.37. The van der Waals surface area contributed by atoms with Gasteiger partial charge in [-0.1, -0.05) is 42.5 Å². The van der Waals surface area contributed by atoms with Crippen LogP contribution in [0, 0.1) is 5.82 Å². The lowest BCUT2D eigenvalue weighted by Crippen LogP contribution is -2.69. The van der Waals surface area contributed by atoms with E-state index in [2.05, 4.69) is 0 Å². The Morgan fingerprint density at radius 3 is 2.24 bits per heavy atom. The van der Waals surface area contributed by atoms with Crippen LogP contribution in [0.4, 0.5) is 22.4 Å². The van der Waals surface area contributed by atoms with Gasteiger partial charge in [-0.25, -0.2) is 9.18 Å². The Bertz CT molecular complexity index is 965. The number of nitrogens with zero attached hydrogens (tertiary/aromatic N) is 1. The van der Waals surface area contributed by atoms with Crippen molar-refractivity contribution in [3.8, 4) is 0 Å². The monoisotopic (exact) mass is 409 g/mol. The molecule has 2 aromatic rings. The minimum absolute atomic E-state index is 0.379. The first-order valence-electron chi connectivity index (χ1n) is 8.43. The van der Waals surface area contributed by atoms with Gasteiger partial charge in [-0.3, -0.25) is 19.8 Å². The van der Waals surface area contributed by atoms with E-state index in [-0.39, 0.29) is 0 Å². The topological polar surface area (TPSA) is 78.5 Å². The van der Waals surface area contributed by atoms with Gasteiger partial charge < -0.3 is 5.32 Å². The molecule has 0 radical (unpaired) electrons. The highest BCUT2D eigenvalue weighted by Crippen LogP contribution is 2.37. The number of hydrogen-bond acceptors (Lipinski definition) is 3. The molecule has 2 N–H and O–H groups in total. The highest BCUT2D eigenvalue weighted by atomic mass is 19.4. The average Bonchev–Trinajstić information content (AvgIpc) is 2.92. The molecule has 1 heterocycles. The number of amides is 4. The van der Waals surface area contributed by atoms with E-state index in [4.69, 9.17) is 0 Å². The van der Waals surface area contributed by atoms with E-state index in [0.717, 1.165) is 12.1 Å². The molecule has 1 saturated heterocycles. The first-order valence-corrected chi connectivity index (χ1v) is 8.43. The fourth-order valence-electron chi connectivity index (χ4n) is 3.01. The number of hydrogen-bond donors (Lipinski definition) is 2. The first kappa shape index (κ1) is 20.3. The van der Waals surface area contributed by atoms with Crippen molar-refractivity contribution < 1.29 is 31.9 Å². The molecule has 2 aromatic carbocycles. The zero-order chi connectivity index (χ0) is 21.4. The van der Waals surface area contributed by atoms with Crippen LogP contribution in [0.3, 0.4) is 0 Å². The van der Waals surface area contributed by atoms with Crippen LogP contribution in [0.1, 0.15) is 28.9 Å². The number of carbonyl (C=O) groups excluding carboxylic acids is 3. The molecule has 0 unspecified atom stereocenters. The van der Waals surface area contributed by atoms with Crippen LogP contribution in [0.25, 0.3) is 0 Å². The Hall–Kier alpha value is -3.43. The third kappa shape index (κ3) is 3.41. The summed E-state index contributed by atoms with van der Waals surface area (Å²) >= 11 is 0. The number of halogens is 4. The van der Waals surface area contributed by atoms with Crippen molar-refractivity contribution in [3.63, 3.8) is 0 Å². The smallest absolute Gasteiger partial charge is 0.314 e.